The van der Waals surface area contributed by atoms with Crippen LogP contribution in [0, 0.1) is 5.92 Å². The molecule has 0 aromatic heterocycles. The molecule has 1 unspecified atom stereocenters. The molecular weight excluding hydrogens is 220 g/mol. The number of likely N-dealkylation sites (tertiary alicyclic amines) is 1. The molecule has 2 N–H and O–H groups in total. The molecule has 0 aliphatic carbocycles. The van der Waals surface area contributed by atoms with Crippen molar-refractivity contribution in [2.24, 2.45) is 5.92 Å². The zero-order valence-corrected chi connectivity index (χ0v) is 10.4. The lowest BCUT2D eigenvalue weighted by molar-refractivity contribution is -0.134. The lowest BCUT2D eigenvalue weighted by Gasteiger charge is -2.31. The van der Waals surface area contributed by atoms with Crippen molar-refractivity contribution in [1.82, 2.24) is 10.2 Å². The summed E-state index contributed by atoms with van der Waals surface area (Å²) in [6.45, 7) is 3.48. The molecular formula is C12H22N2O3. The maximum atomic E-state index is 11.8. The van der Waals surface area contributed by atoms with E-state index in [2.05, 4.69) is 5.32 Å². The van der Waals surface area contributed by atoms with Crippen molar-refractivity contribution in [3.05, 3.63) is 0 Å². The molecule has 1 fully saturated rings. The maximum Gasteiger partial charge on any atom is 0.241 e. The summed E-state index contributed by atoms with van der Waals surface area (Å²) in [6, 6.07) is 0. The lowest BCUT2D eigenvalue weighted by atomic mass is 9.99. The van der Waals surface area contributed by atoms with Crippen LogP contribution in [-0.2, 0) is 9.59 Å². The zero-order valence-electron chi connectivity index (χ0n) is 10.4. The molecule has 1 aliphatic heterocycles. The molecule has 0 saturated carbocycles. The standard InChI is InChI=1S/C12H22N2O3/c1-2-4-11(16)13-7-12(17)14-6-3-5-10(8-14)9-15/h10,15H,2-9H2,1H3,(H,13,16). The summed E-state index contributed by atoms with van der Waals surface area (Å²) in [4.78, 5) is 24.8. The van der Waals surface area contributed by atoms with E-state index in [1.165, 1.54) is 0 Å². The van der Waals surface area contributed by atoms with Gasteiger partial charge in [-0.05, 0) is 25.2 Å². The van der Waals surface area contributed by atoms with Crippen LogP contribution in [0.25, 0.3) is 0 Å². The number of rotatable bonds is 5. The fourth-order valence-corrected chi connectivity index (χ4v) is 2.04. The van der Waals surface area contributed by atoms with Crippen molar-refractivity contribution < 1.29 is 14.7 Å². The lowest BCUT2D eigenvalue weighted by Crippen LogP contribution is -2.45. The van der Waals surface area contributed by atoms with E-state index in [1.54, 1.807) is 4.90 Å². The smallest absolute Gasteiger partial charge is 0.241 e. The molecule has 98 valence electrons. The Bertz CT molecular complexity index is 268. The number of hydrogen-bond acceptors (Lipinski definition) is 3. The predicted octanol–water partition coefficient (Wildman–Crippen LogP) is 0.134. The third-order valence-electron chi connectivity index (χ3n) is 3.04. The predicted molar refractivity (Wildman–Crippen MR) is 64.3 cm³/mol. The van der Waals surface area contributed by atoms with Crippen LogP contribution in [0.5, 0.6) is 0 Å². The first-order valence-electron chi connectivity index (χ1n) is 6.32. The minimum absolute atomic E-state index is 0.0485. The van der Waals surface area contributed by atoms with Crippen molar-refractivity contribution in [3.8, 4) is 0 Å². The van der Waals surface area contributed by atoms with E-state index in [1.807, 2.05) is 6.92 Å². The summed E-state index contributed by atoms with van der Waals surface area (Å²) >= 11 is 0. The third-order valence-corrected chi connectivity index (χ3v) is 3.04. The fraction of sp³-hybridized carbons (Fsp3) is 0.833. The monoisotopic (exact) mass is 242 g/mol. The average molecular weight is 242 g/mol. The highest BCUT2D eigenvalue weighted by molar-refractivity contribution is 5.84. The van der Waals surface area contributed by atoms with Gasteiger partial charge in [-0.25, -0.2) is 0 Å². The highest BCUT2D eigenvalue weighted by Crippen LogP contribution is 2.15. The SMILES string of the molecule is CCCC(=O)NCC(=O)N1CCCC(CO)C1. The number of hydrogen-bond donors (Lipinski definition) is 2. The Morgan fingerprint density at radius 3 is 2.88 bits per heavy atom. The maximum absolute atomic E-state index is 11.8. The highest BCUT2D eigenvalue weighted by Gasteiger charge is 2.22. The van der Waals surface area contributed by atoms with Gasteiger partial charge < -0.3 is 15.3 Å². The molecule has 1 rings (SSSR count). The van der Waals surface area contributed by atoms with Gasteiger partial charge >= 0.3 is 0 Å². The highest BCUT2D eigenvalue weighted by atomic mass is 16.3. The van der Waals surface area contributed by atoms with E-state index in [0.717, 1.165) is 25.8 Å². The molecule has 0 aromatic rings. The van der Waals surface area contributed by atoms with E-state index < -0.39 is 0 Å². The van der Waals surface area contributed by atoms with Crippen LogP contribution >= 0.6 is 0 Å². The van der Waals surface area contributed by atoms with Crippen molar-refractivity contribution in [1.29, 1.82) is 0 Å². The molecule has 17 heavy (non-hydrogen) atoms. The number of aliphatic hydroxyl groups excluding tert-OH is 1. The topological polar surface area (TPSA) is 69.6 Å². The van der Waals surface area contributed by atoms with Crippen LogP contribution in [-0.4, -0.2) is 48.1 Å². The molecule has 0 bridgehead atoms. The van der Waals surface area contributed by atoms with E-state index >= 15 is 0 Å². The van der Waals surface area contributed by atoms with Gasteiger partial charge in [0.2, 0.25) is 11.8 Å². The van der Waals surface area contributed by atoms with Gasteiger partial charge in [-0.3, -0.25) is 9.59 Å². The molecule has 1 heterocycles. The number of nitrogens with zero attached hydrogens (tertiary/aromatic N) is 1. The van der Waals surface area contributed by atoms with Crippen molar-refractivity contribution in [2.45, 2.75) is 32.6 Å². The Kier molecular flexibility index (Phi) is 5.97. The summed E-state index contributed by atoms with van der Waals surface area (Å²) in [6.07, 6.45) is 3.16. The molecule has 0 radical (unpaired) electrons. The number of amides is 2. The molecule has 2 amide bonds. The van der Waals surface area contributed by atoms with Crippen LogP contribution in [0.2, 0.25) is 0 Å². The van der Waals surface area contributed by atoms with Crippen LogP contribution in [0.1, 0.15) is 32.6 Å². The van der Waals surface area contributed by atoms with Crippen LogP contribution < -0.4 is 5.32 Å². The summed E-state index contributed by atoms with van der Waals surface area (Å²) in [5.41, 5.74) is 0. The summed E-state index contributed by atoms with van der Waals surface area (Å²) in [7, 11) is 0. The number of carbonyl (C=O) groups is 2. The van der Waals surface area contributed by atoms with Gasteiger partial charge in [0, 0.05) is 26.1 Å². The van der Waals surface area contributed by atoms with E-state index in [0.29, 0.717) is 13.0 Å². The molecule has 1 atom stereocenters. The third kappa shape index (κ3) is 4.73. The second kappa shape index (κ2) is 7.27. The van der Waals surface area contributed by atoms with Gasteiger partial charge in [0.05, 0.1) is 6.54 Å². The van der Waals surface area contributed by atoms with Gasteiger partial charge in [0.25, 0.3) is 0 Å². The zero-order chi connectivity index (χ0) is 12.7. The van der Waals surface area contributed by atoms with Crippen molar-refractivity contribution >= 4 is 11.8 Å². The fourth-order valence-electron chi connectivity index (χ4n) is 2.04. The van der Waals surface area contributed by atoms with Crippen molar-refractivity contribution in [2.75, 3.05) is 26.2 Å². The normalized spacial score (nSPS) is 20.1. The Morgan fingerprint density at radius 2 is 2.24 bits per heavy atom. The minimum atomic E-state index is -0.0726. The molecule has 0 spiro atoms. The molecule has 1 saturated heterocycles. The summed E-state index contributed by atoms with van der Waals surface area (Å²) in [5, 5.41) is 11.7. The molecule has 1 aliphatic rings. The van der Waals surface area contributed by atoms with Gasteiger partial charge in [-0.1, -0.05) is 6.92 Å². The number of aliphatic hydroxyl groups is 1. The molecule has 5 nitrogen and oxygen atoms in total. The number of piperidine rings is 1. The van der Waals surface area contributed by atoms with Gasteiger partial charge in [0.1, 0.15) is 0 Å². The first-order chi connectivity index (χ1) is 8.17. The second-order valence-electron chi connectivity index (χ2n) is 4.56. The quantitative estimate of drug-likeness (QED) is 0.720. The molecule has 5 heteroatoms. The van der Waals surface area contributed by atoms with Gasteiger partial charge in [-0.15, -0.1) is 0 Å². The Hall–Kier alpha value is -1.10. The van der Waals surface area contributed by atoms with Crippen LogP contribution in [0.3, 0.4) is 0 Å². The van der Waals surface area contributed by atoms with Crippen molar-refractivity contribution in [3.63, 3.8) is 0 Å². The summed E-state index contributed by atoms with van der Waals surface area (Å²) < 4.78 is 0. The Labute approximate surface area is 102 Å². The number of nitrogens with one attached hydrogen (secondary N) is 1. The van der Waals surface area contributed by atoms with Crippen LogP contribution in [0.4, 0.5) is 0 Å². The summed E-state index contributed by atoms with van der Waals surface area (Å²) in [5.74, 6) is 0.0724. The first kappa shape index (κ1) is 14.0. The van der Waals surface area contributed by atoms with Crippen LogP contribution in [0.15, 0.2) is 0 Å². The van der Waals surface area contributed by atoms with Gasteiger partial charge in [0.15, 0.2) is 0 Å². The second-order valence-corrected chi connectivity index (χ2v) is 4.56. The largest absolute Gasteiger partial charge is 0.396 e. The minimum Gasteiger partial charge on any atom is -0.396 e. The van der Waals surface area contributed by atoms with E-state index in [4.69, 9.17) is 5.11 Å². The Balaban J connectivity index is 2.29. The van der Waals surface area contributed by atoms with Gasteiger partial charge in [-0.2, -0.15) is 0 Å². The van der Waals surface area contributed by atoms with E-state index in [9.17, 15) is 9.59 Å². The Morgan fingerprint density at radius 1 is 1.47 bits per heavy atom. The first-order valence-corrected chi connectivity index (χ1v) is 6.32. The average Bonchev–Trinajstić information content (AvgIpc) is 2.36. The molecule has 0 aromatic carbocycles. The van der Waals surface area contributed by atoms with E-state index in [-0.39, 0.29) is 30.9 Å². The number of carbonyl (C=O) groups excluding carboxylic acids is 2.